The number of carbonyl (C=O) groups is 1. The molecule has 0 bridgehead atoms. The van der Waals surface area contributed by atoms with Crippen LogP contribution in [0.25, 0.3) is 0 Å². The van der Waals surface area contributed by atoms with Crippen molar-refractivity contribution in [3.63, 3.8) is 0 Å². The van der Waals surface area contributed by atoms with E-state index in [-0.39, 0.29) is 11.5 Å². The van der Waals surface area contributed by atoms with E-state index in [9.17, 15) is 4.79 Å². The van der Waals surface area contributed by atoms with Crippen molar-refractivity contribution in [1.82, 2.24) is 10.6 Å². The van der Waals surface area contributed by atoms with Crippen LogP contribution in [0.15, 0.2) is 30.0 Å². The number of hydrogen-bond donors (Lipinski definition) is 2. The summed E-state index contributed by atoms with van der Waals surface area (Å²) in [5, 5.41) is 14.8. The maximum atomic E-state index is 11.9. The Hall–Kier alpha value is -2.68. The first-order valence-corrected chi connectivity index (χ1v) is 7.53. The third-order valence-corrected chi connectivity index (χ3v) is 3.55. The van der Waals surface area contributed by atoms with E-state index in [0.717, 1.165) is 18.4 Å². The number of hydrogen-bond acceptors (Lipinski definition) is 5. The van der Waals surface area contributed by atoms with Crippen molar-refractivity contribution in [1.29, 1.82) is 5.26 Å². The van der Waals surface area contributed by atoms with Crippen LogP contribution < -0.4 is 20.1 Å². The molecule has 2 rings (SSSR count). The van der Waals surface area contributed by atoms with Gasteiger partial charge in [0.1, 0.15) is 11.6 Å². The van der Waals surface area contributed by atoms with E-state index >= 15 is 0 Å². The average Bonchev–Trinajstić information content (AvgIpc) is 3.39. The van der Waals surface area contributed by atoms with Crippen molar-refractivity contribution < 1.29 is 14.3 Å². The number of rotatable bonds is 8. The lowest BCUT2D eigenvalue weighted by molar-refractivity contribution is -0.117. The number of nitrogens with zero attached hydrogens (tertiary/aromatic N) is 1. The molecule has 1 aromatic carbocycles. The van der Waals surface area contributed by atoms with E-state index in [1.54, 1.807) is 14.2 Å². The SMILES string of the molecule is COc1ccc(CCNC(=O)/C(C#N)=C\NC2CC2)cc1OC. The Labute approximate surface area is 136 Å². The molecule has 0 heterocycles. The van der Waals surface area contributed by atoms with Gasteiger partial charge in [-0.1, -0.05) is 6.07 Å². The second kappa shape index (κ2) is 8.08. The molecule has 0 radical (unpaired) electrons. The van der Waals surface area contributed by atoms with E-state index in [4.69, 9.17) is 14.7 Å². The van der Waals surface area contributed by atoms with Gasteiger partial charge in [-0.2, -0.15) is 5.26 Å². The first-order valence-electron chi connectivity index (χ1n) is 7.53. The summed E-state index contributed by atoms with van der Waals surface area (Å²) in [4.78, 5) is 11.9. The molecular weight excluding hydrogens is 294 g/mol. The summed E-state index contributed by atoms with van der Waals surface area (Å²) in [6, 6.07) is 7.96. The molecule has 1 aliphatic carbocycles. The highest BCUT2D eigenvalue weighted by molar-refractivity contribution is 5.97. The molecule has 1 fully saturated rings. The summed E-state index contributed by atoms with van der Waals surface area (Å²) >= 11 is 0. The summed E-state index contributed by atoms with van der Waals surface area (Å²) < 4.78 is 10.4. The smallest absolute Gasteiger partial charge is 0.263 e. The molecule has 0 aromatic heterocycles. The van der Waals surface area contributed by atoms with Crippen LogP contribution in [0.1, 0.15) is 18.4 Å². The third-order valence-electron chi connectivity index (χ3n) is 3.55. The van der Waals surface area contributed by atoms with Crippen LogP contribution in [0.4, 0.5) is 0 Å². The Kier molecular flexibility index (Phi) is 5.87. The fourth-order valence-electron chi connectivity index (χ4n) is 2.05. The number of benzene rings is 1. The Morgan fingerprint density at radius 2 is 2.09 bits per heavy atom. The van der Waals surface area contributed by atoms with Gasteiger partial charge < -0.3 is 20.1 Å². The van der Waals surface area contributed by atoms with Gasteiger partial charge in [0.05, 0.1) is 14.2 Å². The Morgan fingerprint density at radius 3 is 2.70 bits per heavy atom. The minimum atomic E-state index is -0.360. The zero-order chi connectivity index (χ0) is 16.7. The number of carbonyl (C=O) groups excluding carboxylic acids is 1. The fraction of sp³-hybridized carbons (Fsp3) is 0.412. The molecule has 2 N–H and O–H groups in total. The van der Waals surface area contributed by atoms with Crippen molar-refractivity contribution >= 4 is 5.91 Å². The minimum absolute atomic E-state index is 0.101. The lowest BCUT2D eigenvalue weighted by Crippen LogP contribution is -2.27. The zero-order valence-corrected chi connectivity index (χ0v) is 13.4. The van der Waals surface area contributed by atoms with Crippen LogP contribution in [-0.2, 0) is 11.2 Å². The standard InChI is InChI=1S/C17H21N3O3/c1-22-15-6-3-12(9-16(15)23-2)7-8-19-17(21)13(10-18)11-20-14-4-5-14/h3,6,9,11,14,20H,4-5,7-8H2,1-2H3,(H,19,21)/b13-11-. The fourth-order valence-corrected chi connectivity index (χ4v) is 2.05. The Balaban J connectivity index is 1.85. The van der Waals surface area contributed by atoms with Crippen LogP contribution in [0.5, 0.6) is 11.5 Å². The highest BCUT2D eigenvalue weighted by Gasteiger charge is 2.20. The summed E-state index contributed by atoms with van der Waals surface area (Å²) in [6.45, 7) is 0.441. The molecule has 0 atom stereocenters. The highest BCUT2D eigenvalue weighted by atomic mass is 16.5. The summed E-state index contributed by atoms with van der Waals surface area (Å²) in [6.07, 6.45) is 4.33. The molecule has 1 amide bonds. The maximum absolute atomic E-state index is 11.9. The van der Waals surface area contributed by atoms with Crippen LogP contribution in [0, 0.1) is 11.3 Å². The van der Waals surface area contributed by atoms with Gasteiger partial charge in [-0.3, -0.25) is 4.79 Å². The summed E-state index contributed by atoms with van der Waals surface area (Å²) in [5.74, 6) is 0.963. The molecule has 122 valence electrons. The zero-order valence-electron chi connectivity index (χ0n) is 13.4. The van der Waals surface area contributed by atoms with E-state index in [1.165, 1.54) is 6.20 Å². The predicted molar refractivity (Wildman–Crippen MR) is 86.1 cm³/mol. The average molecular weight is 315 g/mol. The summed E-state index contributed by atoms with van der Waals surface area (Å²) in [7, 11) is 3.17. The van der Waals surface area contributed by atoms with Gasteiger partial charge >= 0.3 is 0 Å². The van der Waals surface area contributed by atoms with Crippen LogP contribution in [-0.4, -0.2) is 32.7 Å². The third kappa shape index (κ3) is 4.92. The van der Waals surface area contributed by atoms with Crippen molar-refractivity contribution in [2.75, 3.05) is 20.8 Å². The van der Waals surface area contributed by atoms with Gasteiger partial charge in [0, 0.05) is 18.8 Å². The second-order valence-corrected chi connectivity index (χ2v) is 5.31. The quantitative estimate of drug-likeness (QED) is 0.561. The molecule has 0 unspecified atom stereocenters. The van der Waals surface area contributed by atoms with E-state index in [1.807, 2.05) is 24.3 Å². The Bertz CT molecular complexity index is 630. The van der Waals surface area contributed by atoms with Crippen molar-refractivity contribution in [2.45, 2.75) is 25.3 Å². The molecule has 6 nitrogen and oxygen atoms in total. The monoisotopic (exact) mass is 315 g/mol. The lowest BCUT2D eigenvalue weighted by atomic mass is 10.1. The van der Waals surface area contributed by atoms with Gasteiger partial charge in [0.15, 0.2) is 11.5 Å². The molecule has 0 saturated heterocycles. The van der Waals surface area contributed by atoms with Crippen molar-refractivity contribution in [3.8, 4) is 17.6 Å². The second-order valence-electron chi connectivity index (χ2n) is 5.31. The van der Waals surface area contributed by atoms with Gasteiger partial charge in [-0.05, 0) is 37.0 Å². The molecular formula is C17H21N3O3. The lowest BCUT2D eigenvalue weighted by Gasteiger charge is -2.10. The Morgan fingerprint density at radius 1 is 1.35 bits per heavy atom. The molecule has 23 heavy (non-hydrogen) atoms. The largest absolute Gasteiger partial charge is 0.493 e. The maximum Gasteiger partial charge on any atom is 0.263 e. The van der Waals surface area contributed by atoms with Crippen molar-refractivity contribution in [3.05, 3.63) is 35.5 Å². The van der Waals surface area contributed by atoms with E-state index in [2.05, 4.69) is 10.6 Å². The molecule has 0 aliphatic heterocycles. The predicted octanol–water partition coefficient (Wildman–Crippen LogP) is 1.52. The number of methoxy groups -OCH3 is 2. The normalized spacial score (nSPS) is 13.9. The number of nitrogens with one attached hydrogen (secondary N) is 2. The topological polar surface area (TPSA) is 83.4 Å². The van der Waals surface area contributed by atoms with Gasteiger partial charge in [-0.25, -0.2) is 0 Å². The molecule has 1 saturated carbocycles. The minimum Gasteiger partial charge on any atom is -0.493 e. The molecule has 6 heteroatoms. The molecule has 0 spiro atoms. The number of amides is 1. The summed E-state index contributed by atoms with van der Waals surface area (Å²) in [5.41, 5.74) is 1.12. The number of nitriles is 1. The highest BCUT2D eigenvalue weighted by Crippen LogP contribution is 2.27. The first-order chi connectivity index (χ1) is 11.2. The van der Waals surface area contributed by atoms with Crippen LogP contribution >= 0.6 is 0 Å². The molecule has 1 aliphatic rings. The van der Waals surface area contributed by atoms with Crippen LogP contribution in [0.2, 0.25) is 0 Å². The van der Waals surface area contributed by atoms with Crippen molar-refractivity contribution in [2.24, 2.45) is 0 Å². The molecule has 1 aromatic rings. The van der Waals surface area contributed by atoms with Gasteiger partial charge in [0.25, 0.3) is 5.91 Å². The van der Waals surface area contributed by atoms with E-state index < -0.39 is 0 Å². The van der Waals surface area contributed by atoms with Gasteiger partial charge in [0.2, 0.25) is 0 Å². The van der Waals surface area contributed by atoms with E-state index in [0.29, 0.717) is 30.5 Å². The van der Waals surface area contributed by atoms with Crippen LogP contribution in [0.3, 0.4) is 0 Å². The van der Waals surface area contributed by atoms with Gasteiger partial charge in [-0.15, -0.1) is 0 Å². The first kappa shape index (κ1) is 16.7. The number of ether oxygens (including phenoxy) is 2.